The maximum atomic E-state index is 11.1. The van der Waals surface area contributed by atoms with E-state index in [4.69, 9.17) is 15.2 Å². The molecule has 2 N–H and O–H groups in total. The van der Waals surface area contributed by atoms with Crippen LogP contribution in [0.1, 0.15) is 18.9 Å². The predicted molar refractivity (Wildman–Crippen MR) is 72.5 cm³/mol. The van der Waals surface area contributed by atoms with E-state index in [0.717, 1.165) is 17.7 Å². The average Bonchev–Trinajstić information content (AvgIpc) is 2.44. The van der Waals surface area contributed by atoms with Crippen LogP contribution in [0, 0.1) is 0 Å². The lowest BCUT2D eigenvalue weighted by molar-refractivity contribution is -0.142. The summed E-state index contributed by atoms with van der Waals surface area (Å²) in [4.78, 5) is 11.1. The Morgan fingerprint density at radius 3 is 2.74 bits per heavy atom. The molecular formula is C14H21NO4. The van der Waals surface area contributed by atoms with Crippen molar-refractivity contribution in [2.75, 3.05) is 26.9 Å². The van der Waals surface area contributed by atoms with Gasteiger partial charge < -0.3 is 19.9 Å². The Kier molecular flexibility index (Phi) is 6.74. The number of hydrogen-bond donors (Lipinski definition) is 1. The fourth-order valence-electron chi connectivity index (χ4n) is 1.54. The molecule has 1 aromatic rings. The SMILES string of the molecule is CCCOc1ccc(CCN)c(OCC(=O)OC)c1. The van der Waals surface area contributed by atoms with Crippen LogP contribution in [0.15, 0.2) is 18.2 Å². The lowest BCUT2D eigenvalue weighted by atomic mass is 10.1. The molecule has 0 aliphatic rings. The number of benzene rings is 1. The lowest BCUT2D eigenvalue weighted by Gasteiger charge is -2.12. The van der Waals surface area contributed by atoms with Gasteiger partial charge in [-0.15, -0.1) is 0 Å². The summed E-state index contributed by atoms with van der Waals surface area (Å²) < 4.78 is 15.5. The third-order valence-electron chi connectivity index (χ3n) is 2.50. The van der Waals surface area contributed by atoms with E-state index in [0.29, 0.717) is 25.3 Å². The molecule has 0 aliphatic carbocycles. The van der Waals surface area contributed by atoms with Crippen LogP contribution >= 0.6 is 0 Å². The van der Waals surface area contributed by atoms with Gasteiger partial charge in [0.05, 0.1) is 13.7 Å². The van der Waals surface area contributed by atoms with Crippen LogP contribution in [-0.4, -0.2) is 32.8 Å². The van der Waals surface area contributed by atoms with Crippen LogP contribution in [0.3, 0.4) is 0 Å². The molecule has 0 aromatic heterocycles. The number of rotatable bonds is 8. The first-order valence-electron chi connectivity index (χ1n) is 6.36. The highest BCUT2D eigenvalue weighted by molar-refractivity contribution is 5.71. The van der Waals surface area contributed by atoms with Gasteiger partial charge in [-0.05, 0) is 31.0 Å². The van der Waals surface area contributed by atoms with Crippen LogP contribution < -0.4 is 15.2 Å². The molecule has 5 heteroatoms. The Morgan fingerprint density at radius 2 is 2.11 bits per heavy atom. The van der Waals surface area contributed by atoms with E-state index in [1.54, 1.807) is 6.07 Å². The molecule has 0 amide bonds. The summed E-state index contributed by atoms with van der Waals surface area (Å²) >= 11 is 0. The summed E-state index contributed by atoms with van der Waals surface area (Å²) in [5, 5.41) is 0. The summed E-state index contributed by atoms with van der Waals surface area (Å²) in [6.07, 6.45) is 1.62. The summed E-state index contributed by atoms with van der Waals surface area (Å²) in [5.74, 6) is 0.922. The van der Waals surface area contributed by atoms with Gasteiger partial charge in [-0.3, -0.25) is 0 Å². The Balaban J connectivity index is 2.78. The molecule has 0 saturated carbocycles. The summed E-state index contributed by atoms with van der Waals surface area (Å²) in [5.41, 5.74) is 6.51. The first kappa shape index (κ1) is 15.3. The quantitative estimate of drug-likeness (QED) is 0.723. The molecule has 0 fully saturated rings. The molecule has 0 spiro atoms. The highest BCUT2D eigenvalue weighted by Crippen LogP contribution is 2.25. The van der Waals surface area contributed by atoms with Crippen molar-refractivity contribution in [3.63, 3.8) is 0 Å². The van der Waals surface area contributed by atoms with Gasteiger partial charge in [-0.2, -0.15) is 0 Å². The number of methoxy groups -OCH3 is 1. The molecule has 0 aliphatic heterocycles. The molecule has 1 aromatic carbocycles. The number of carbonyl (C=O) groups is 1. The van der Waals surface area contributed by atoms with Gasteiger partial charge in [-0.25, -0.2) is 4.79 Å². The van der Waals surface area contributed by atoms with Gasteiger partial charge in [0.2, 0.25) is 0 Å². The van der Waals surface area contributed by atoms with Crippen LogP contribution in [0.5, 0.6) is 11.5 Å². The zero-order valence-electron chi connectivity index (χ0n) is 11.5. The molecular weight excluding hydrogens is 246 g/mol. The zero-order chi connectivity index (χ0) is 14.1. The maximum Gasteiger partial charge on any atom is 0.343 e. The van der Waals surface area contributed by atoms with E-state index in [-0.39, 0.29) is 6.61 Å². The second-order valence-electron chi connectivity index (χ2n) is 4.02. The molecule has 0 unspecified atom stereocenters. The van der Waals surface area contributed by atoms with Crippen LogP contribution in [0.4, 0.5) is 0 Å². The summed E-state index contributed by atoms with van der Waals surface area (Å²) in [6, 6.07) is 5.57. The molecule has 5 nitrogen and oxygen atoms in total. The zero-order valence-corrected chi connectivity index (χ0v) is 11.5. The van der Waals surface area contributed by atoms with Crippen molar-refractivity contribution in [3.05, 3.63) is 23.8 Å². The number of ether oxygens (including phenoxy) is 3. The van der Waals surface area contributed by atoms with E-state index < -0.39 is 5.97 Å². The van der Waals surface area contributed by atoms with Crippen LogP contribution in [-0.2, 0) is 16.0 Å². The Labute approximate surface area is 113 Å². The first-order valence-corrected chi connectivity index (χ1v) is 6.36. The second-order valence-corrected chi connectivity index (χ2v) is 4.02. The van der Waals surface area contributed by atoms with E-state index in [1.807, 2.05) is 19.1 Å². The predicted octanol–water partition coefficient (Wildman–Crippen LogP) is 1.53. The standard InChI is InChI=1S/C14H21NO4/c1-3-8-18-12-5-4-11(6-7-15)13(9-12)19-10-14(16)17-2/h4-5,9H,3,6-8,10,15H2,1-2H3. The van der Waals surface area contributed by atoms with Crippen molar-refractivity contribution >= 4 is 5.97 Å². The van der Waals surface area contributed by atoms with Crippen LogP contribution in [0.25, 0.3) is 0 Å². The Morgan fingerprint density at radius 1 is 1.32 bits per heavy atom. The Bertz CT molecular complexity index is 406. The fraction of sp³-hybridized carbons (Fsp3) is 0.500. The maximum absolute atomic E-state index is 11.1. The van der Waals surface area contributed by atoms with E-state index >= 15 is 0 Å². The summed E-state index contributed by atoms with van der Waals surface area (Å²) in [7, 11) is 1.33. The molecule has 0 saturated heterocycles. The van der Waals surface area contributed by atoms with Crippen molar-refractivity contribution in [2.45, 2.75) is 19.8 Å². The number of carbonyl (C=O) groups excluding carboxylic acids is 1. The van der Waals surface area contributed by atoms with Crippen molar-refractivity contribution in [3.8, 4) is 11.5 Å². The minimum absolute atomic E-state index is 0.120. The second kappa shape index (κ2) is 8.37. The molecule has 0 atom stereocenters. The minimum Gasteiger partial charge on any atom is -0.493 e. The van der Waals surface area contributed by atoms with Gasteiger partial charge in [-0.1, -0.05) is 13.0 Å². The van der Waals surface area contributed by atoms with Gasteiger partial charge in [0.15, 0.2) is 6.61 Å². The fourth-order valence-corrected chi connectivity index (χ4v) is 1.54. The van der Waals surface area contributed by atoms with Gasteiger partial charge in [0.1, 0.15) is 11.5 Å². The highest BCUT2D eigenvalue weighted by Gasteiger charge is 2.08. The number of esters is 1. The molecule has 0 heterocycles. The van der Waals surface area contributed by atoms with Crippen molar-refractivity contribution in [1.29, 1.82) is 0 Å². The van der Waals surface area contributed by atoms with E-state index in [9.17, 15) is 4.79 Å². The van der Waals surface area contributed by atoms with Gasteiger partial charge in [0, 0.05) is 6.07 Å². The average molecular weight is 267 g/mol. The normalized spacial score (nSPS) is 10.1. The Hall–Kier alpha value is -1.75. The van der Waals surface area contributed by atoms with Crippen LogP contribution in [0.2, 0.25) is 0 Å². The van der Waals surface area contributed by atoms with Crippen molar-refractivity contribution in [2.24, 2.45) is 5.73 Å². The smallest absolute Gasteiger partial charge is 0.343 e. The first-order chi connectivity index (χ1) is 9.21. The molecule has 0 radical (unpaired) electrons. The molecule has 19 heavy (non-hydrogen) atoms. The molecule has 1 rings (SSSR count). The minimum atomic E-state index is -0.418. The van der Waals surface area contributed by atoms with Gasteiger partial charge in [0.25, 0.3) is 0 Å². The third kappa shape index (κ3) is 5.18. The van der Waals surface area contributed by atoms with Crippen molar-refractivity contribution in [1.82, 2.24) is 0 Å². The van der Waals surface area contributed by atoms with Crippen molar-refractivity contribution < 1.29 is 19.0 Å². The third-order valence-corrected chi connectivity index (χ3v) is 2.50. The van der Waals surface area contributed by atoms with Gasteiger partial charge >= 0.3 is 5.97 Å². The lowest BCUT2D eigenvalue weighted by Crippen LogP contribution is -2.14. The highest BCUT2D eigenvalue weighted by atomic mass is 16.6. The topological polar surface area (TPSA) is 70.8 Å². The van der Waals surface area contributed by atoms with E-state index in [2.05, 4.69) is 4.74 Å². The largest absolute Gasteiger partial charge is 0.493 e. The molecule has 0 bridgehead atoms. The summed E-state index contributed by atoms with van der Waals surface area (Å²) in [6.45, 7) is 3.08. The molecule has 106 valence electrons. The number of hydrogen-bond acceptors (Lipinski definition) is 5. The number of nitrogens with two attached hydrogens (primary N) is 1. The van der Waals surface area contributed by atoms with E-state index in [1.165, 1.54) is 7.11 Å². The monoisotopic (exact) mass is 267 g/mol.